The van der Waals surface area contributed by atoms with Crippen LogP contribution < -0.4 is 0 Å². The Morgan fingerprint density at radius 2 is 2.22 bits per heavy atom. The van der Waals surface area contributed by atoms with Gasteiger partial charge in [-0.2, -0.15) is 0 Å². The fraction of sp³-hybridized carbons (Fsp3) is 1.00. The summed E-state index contributed by atoms with van der Waals surface area (Å²) in [4.78, 5) is 0. The Hall–Kier alpha value is -0.0400. The van der Waals surface area contributed by atoms with Gasteiger partial charge in [-0.1, -0.05) is 6.42 Å². The van der Waals surface area contributed by atoms with Gasteiger partial charge in [0.2, 0.25) is 0 Å². The molecule has 0 amide bonds. The molecule has 3 atom stereocenters. The van der Waals surface area contributed by atoms with Crippen LogP contribution >= 0.6 is 0 Å². The molecule has 0 aromatic rings. The van der Waals surface area contributed by atoms with Crippen LogP contribution in [0.4, 0.5) is 0 Å². The first-order chi connectivity index (χ1) is 4.36. The van der Waals surface area contributed by atoms with Gasteiger partial charge >= 0.3 is 0 Å². The molecule has 52 valence electrons. The van der Waals surface area contributed by atoms with Crippen molar-refractivity contribution in [2.24, 2.45) is 5.92 Å². The van der Waals surface area contributed by atoms with Crippen molar-refractivity contribution < 1.29 is 4.74 Å². The van der Waals surface area contributed by atoms with E-state index in [1.54, 1.807) is 0 Å². The molecule has 0 radical (unpaired) electrons. The van der Waals surface area contributed by atoms with Crippen LogP contribution in [0.25, 0.3) is 0 Å². The summed E-state index contributed by atoms with van der Waals surface area (Å²) in [5.41, 5.74) is 0. The van der Waals surface area contributed by atoms with Crippen molar-refractivity contribution in [2.75, 3.05) is 0 Å². The van der Waals surface area contributed by atoms with Crippen LogP contribution in [0.15, 0.2) is 0 Å². The highest BCUT2D eigenvalue weighted by molar-refractivity contribution is 4.84. The summed E-state index contributed by atoms with van der Waals surface area (Å²) in [5, 5.41) is 0. The van der Waals surface area contributed by atoms with Crippen LogP contribution in [0.1, 0.15) is 32.6 Å². The molecule has 0 spiro atoms. The Morgan fingerprint density at radius 3 is 2.89 bits per heavy atom. The van der Waals surface area contributed by atoms with Crippen LogP contribution in [-0.2, 0) is 4.74 Å². The van der Waals surface area contributed by atoms with Gasteiger partial charge in [0.05, 0.1) is 12.2 Å². The van der Waals surface area contributed by atoms with E-state index < -0.39 is 0 Å². The maximum atomic E-state index is 5.69. The molecule has 0 N–H and O–H groups in total. The summed E-state index contributed by atoms with van der Waals surface area (Å²) in [5.74, 6) is 0.906. The molecule has 1 aliphatic heterocycles. The van der Waals surface area contributed by atoms with Crippen molar-refractivity contribution in [1.29, 1.82) is 0 Å². The Bertz CT molecular complexity index is 109. The first-order valence-electron chi connectivity index (χ1n) is 4.02. The van der Waals surface area contributed by atoms with Crippen LogP contribution in [-0.4, -0.2) is 12.2 Å². The summed E-state index contributed by atoms with van der Waals surface area (Å²) in [6.07, 6.45) is 6.69. The van der Waals surface area contributed by atoms with Crippen molar-refractivity contribution >= 4 is 0 Å². The lowest BCUT2D eigenvalue weighted by Gasteiger charge is -2.15. The smallest absolute Gasteiger partial charge is 0.0582 e. The SMILES string of the molecule is CC1OC2CCCC1C2. The normalized spacial score (nSPS) is 49.7. The first-order valence-corrected chi connectivity index (χ1v) is 4.02. The molecule has 1 saturated heterocycles. The van der Waals surface area contributed by atoms with E-state index in [1.165, 1.54) is 25.7 Å². The predicted octanol–water partition coefficient (Wildman–Crippen LogP) is 1.96. The minimum Gasteiger partial charge on any atom is -0.375 e. The maximum absolute atomic E-state index is 5.69. The molecule has 1 nitrogen and oxygen atoms in total. The third kappa shape index (κ3) is 0.877. The molecule has 0 aromatic carbocycles. The van der Waals surface area contributed by atoms with Crippen LogP contribution in [0.5, 0.6) is 0 Å². The van der Waals surface area contributed by atoms with Gasteiger partial charge in [-0.05, 0) is 32.1 Å². The average Bonchev–Trinajstić information content (AvgIpc) is 2.09. The third-order valence-corrected chi connectivity index (χ3v) is 2.74. The largest absolute Gasteiger partial charge is 0.375 e. The van der Waals surface area contributed by atoms with E-state index in [-0.39, 0.29) is 0 Å². The molecule has 0 aromatic heterocycles. The number of ether oxygens (including phenoxy) is 1. The second-order valence-electron chi connectivity index (χ2n) is 3.39. The van der Waals surface area contributed by atoms with Gasteiger partial charge in [-0.15, -0.1) is 0 Å². The van der Waals surface area contributed by atoms with Gasteiger partial charge in [0.25, 0.3) is 0 Å². The Morgan fingerprint density at radius 1 is 1.33 bits per heavy atom. The zero-order valence-electron chi connectivity index (χ0n) is 5.97. The van der Waals surface area contributed by atoms with E-state index >= 15 is 0 Å². The number of rotatable bonds is 0. The monoisotopic (exact) mass is 126 g/mol. The molecule has 2 aliphatic rings. The van der Waals surface area contributed by atoms with Gasteiger partial charge in [0.1, 0.15) is 0 Å². The number of hydrogen-bond acceptors (Lipinski definition) is 1. The molecular formula is C8H14O. The lowest BCUT2D eigenvalue weighted by atomic mass is 9.88. The summed E-state index contributed by atoms with van der Waals surface area (Å²) in [6, 6.07) is 0. The second-order valence-corrected chi connectivity index (χ2v) is 3.39. The second kappa shape index (κ2) is 1.98. The van der Waals surface area contributed by atoms with Crippen LogP contribution in [0.2, 0.25) is 0 Å². The minimum absolute atomic E-state index is 0.567. The number of hydrogen-bond donors (Lipinski definition) is 0. The van der Waals surface area contributed by atoms with E-state index in [2.05, 4.69) is 6.92 Å². The molecule has 1 heterocycles. The van der Waals surface area contributed by atoms with Crippen molar-refractivity contribution in [3.63, 3.8) is 0 Å². The van der Waals surface area contributed by atoms with E-state index in [0.29, 0.717) is 12.2 Å². The van der Waals surface area contributed by atoms with Crippen molar-refractivity contribution in [1.82, 2.24) is 0 Å². The van der Waals surface area contributed by atoms with Gasteiger partial charge in [-0.25, -0.2) is 0 Å². The lowest BCUT2D eigenvalue weighted by Crippen LogP contribution is -2.11. The van der Waals surface area contributed by atoms with E-state index in [0.717, 1.165) is 5.92 Å². The molecular weight excluding hydrogens is 112 g/mol. The van der Waals surface area contributed by atoms with Crippen LogP contribution in [0.3, 0.4) is 0 Å². The van der Waals surface area contributed by atoms with Gasteiger partial charge in [0.15, 0.2) is 0 Å². The molecule has 1 saturated carbocycles. The number of fused-ring (bicyclic) bond motifs is 2. The summed E-state index contributed by atoms with van der Waals surface area (Å²) in [6.45, 7) is 2.22. The van der Waals surface area contributed by atoms with Crippen molar-refractivity contribution in [3.05, 3.63) is 0 Å². The van der Waals surface area contributed by atoms with E-state index in [1.807, 2.05) is 0 Å². The maximum Gasteiger partial charge on any atom is 0.0582 e. The molecule has 1 aliphatic carbocycles. The fourth-order valence-corrected chi connectivity index (χ4v) is 2.15. The van der Waals surface area contributed by atoms with Crippen molar-refractivity contribution in [2.45, 2.75) is 44.8 Å². The zero-order valence-corrected chi connectivity index (χ0v) is 5.97. The molecule has 9 heavy (non-hydrogen) atoms. The Kier molecular flexibility index (Phi) is 1.26. The first kappa shape index (κ1) is 5.72. The fourth-order valence-electron chi connectivity index (χ4n) is 2.15. The quantitative estimate of drug-likeness (QED) is 0.482. The third-order valence-electron chi connectivity index (χ3n) is 2.74. The highest BCUT2D eigenvalue weighted by atomic mass is 16.5. The van der Waals surface area contributed by atoms with Gasteiger partial charge < -0.3 is 4.74 Å². The Balaban J connectivity index is 2.07. The molecule has 3 unspecified atom stereocenters. The predicted molar refractivity (Wildman–Crippen MR) is 36.3 cm³/mol. The van der Waals surface area contributed by atoms with Gasteiger partial charge in [0, 0.05) is 0 Å². The highest BCUT2D eigenvalue weighted by Crippen LogP contribution is 2.37. The molecule has 2 bridgehead atoms. The van der Waals surface area contributed by atoms with E-state index in [4.69, 9.17) is 4.74 Å². The molecule has 2 fully saturated rings. The highest BCUT2D eigenvalue weighted by Gasteiger charge is 2.34. The zero-order chi connectivity index (χ0) is 6.27. The van der Waals surface area contributed by atoms with Crippen molar-refractivity contribution in [3.8, 4) is 0 Å². The lowest BCUT2D eigenvalue weighted by molar-refractivity contribution is 0.0522. The van der Waals surface area contributed by atoms with E-state index in [9.17, 15) is 0 Å². The average molecular weight is 126 g/mol. The van der Waals surface area contributed by atoms with Crippen LogP contribution in [0, 0.1) is 5.92 Å². The summed E-state index contributed by atoms with van der Waals surface area (Å²) in [7, 11) is 0. The topological polar surface area (TPSA) is 9.23 Å². The Labute approximate surface area is 56.4 Å². The molecule has 1 heteroatoms. The molecule has 2 rings (SSSR count). The minimum atomic E-state index is 0.567. The van der Waals surface area contributed by atoms with Gasteiger partial charge in [-0.3, -0.25) is 0 Å². The summed E-state index contributed by atoms with van der Waals surface area (Å²) < 4.78 is 5.69. The summed E-state index contributed by atoms with van der Waals surface area (Å²) >= 11 is 0. The standard InChI is InChI=1S/C8H14O/c1-6-7-3-2-4-8(5-7)9-6/h6-8H,2-5H2,1H3.